The minimum atomic E-state index is -0.0698. The molecular formula is C19H18N4O2. The minimum Gasteiger partial charge on any atom is -0.497 e. The lowest BCUT2D eigenvalue weighted by molar-refractivity contribution is -0.116. The van der Waals surface area contributed by atoms with Gasteiger partial charge < -0.3 is 15.4 Å². The second-order valence-corrected chi connectivity index (χ2v) is 5.93. The van der Waals surface area contributed by atoms with Gasteiger partial charge in [0.25, 0.3) is 0 Å². The summed E-state index contributed by atoms with van der Waals surface area (Å²) in [7, 11) is 1.64. The van der Waals surface area contributed by atoms with Gasteiger partial charge in [0.15, 0.2) is 5.82 Å². The van der Waals surface area contributed by atoms with Crippen LogP contribution in [-0.2, 0) is 4.79 Å². The van der Waals surface area contributed by atoms with E-state index in [1.165, 1.54) is 0 Å². The Labute approximate surface area is 145 Å². The van der Waals surface area contributed by atoms with Gasteiger partial charge in [-0.15, -0.1) is 0 Å². The van der Waals surface area contributed by atoms with E-state index in [0.29, 0.717) is 12.2 Å². The summed E-state index contributed by atoms with van der Waals surface area (Å²) in [6.07, 6.45) is 0.377. The van der Waals surface area contributed by atoms with Gasteiger partial charge in [0.2, 0.25) is 5.91 Å². The molecule has 2 aromatic carbocycles. The second kappa shape index (κ2) is 6.32. The normalized spacial score (nSPS) is 16.0. The topological polar surface area (TPSA) is 79.0 Å². The van der Waals surface area contributed by atoms with E-state index in [4.69, 9.17) is 4.74 Å². The number of para-hydroxylation sites is 1. The summed E-state index contributed by atoms with van der Waals surface area (Å²) in [6, 6.07) is 17.7. The number of carbonyl (C=O) groups is 1. The highest BCUT2D eigenvalue weighted by molar-refractivity contribution is 5.95. The summed E-state index contributed by atoms with van der Waals surface area (Å²) in [5.41, 5.74) is 2.97. The Morgan fingerprint density at radius 1 is 1.12 bits per heavy atom. The molecular weight excluding hydrogens is 316 g/mol. The molecule has 1 aliphatic heterocycles. The number of nitrogens with one attached hydrogen (secondary N) is 3. The SMILES string of the molecule is COc1ccc([C@@H]2CC(=O)Nc3n[nH]c(Nc4ccccc4)c32)cc1. The van der Waals surface area contributed by atoms with Crippen molar-refractivity contribution in [2.45, 2.75) is 12.3 Å². The van der Waals surface area contributed by atoms with Crippen LogP contribution in [0.4, 0.5) is 17.3 Å². The second-order valence-electron chi connectivity index (χ2n) is 5.93. The molecule has 2 heterocycles. The van der Waals surface area contributed by atoms with Crippen LogP contribution in [0.25, 0.3) is 0 Å². The van der Waals surface area contributed by atoms with Crippen molar-refractivity contribution >= 4 is 23.2 Å². The number of nitrogens with zero attached hydrogens (tertiary/aromatic N) is 1. The number of amides is 1. The van der Waals surface area contributed by atoms with Crippen molar-refractivity contribution in [3.63, 3.8) is 0 Å². The number of H-pyrrole nitrogens is 1. The van der Waals surface area contributed by atoms with Crippen LogP contribution >= 0.6 is 0 Å². The van der Waals surface area contributed by atoms with Gasteiger partial charge in [-0.05, 0) is 29.8 Å². The van der Waals surface area contributed by atoms with Crippen LogP contribution in [0.5, 0.6) is 5.75 Å². The van der Waals surface area contributed by atoms with Gasteiger partial charge in [-0.2, -0.15) is 5.10 Å². The molecule has 1 aromatic heterocycles. The number of ether oxygens (including phenoxy) is 1. The zero-order chi connectivity index (χ0) is 17.2. The van der Waals surface area contributed by atoms with Crippen LogP contribution in [-0.4, -0.2) is 23.2 Å². The van der Waals surface area contributed by atoms with Crippen LogP contribution in [0, 0.1) is 0 Å². The first-order chi connectivity index (χ1) is 12.2. The molecule has 3 N–H and O–H groups in total. The Kier molecular flexibility index (Phi) is 3.85. The molecule has 0 aliphatic carbocycles. The first kappa shape index (κ1) is 15.3. The van der Waals surface area contributed by atoms with Gasteiger partial charge in [0.1, 0.15) is 11.6 Å². The van der Waals surface area contributed by atoms with Gasteiger partial charge >= 0.3 is 0 Å². The maximum atomic E-state index is 12.1. The van der Waals surface area contributed by atoms with Gasteiger partial charge in [-0.1, -0.05) is 30.3 Å². The summed E-state index contributed by atoms with van der Waals surface area (Å²) in [5.74, 6) is 2.06. The Balaban J connectivity index is 1.73. The van der Waals surface area contributed by atoms with E-state index in [9.17, 15) is 4.79 Å². The third-order valence-corrected chi connectivity index (χ3v) is 4.36. The van der Waals surface area contributed by atoms with Gasteiger partial charge in [0.05, 0.1) is 7.11 Å². The zero-order valence-corrected chi connectivity index (χ0v) is 13.7. The number of methoxy groups -OCH3 is 1. The summed E-state index contributed by atoms with van der Waals surface area (Å²) < 4.78 is 5.22. The third kappa shape index (κ3) is 2.94. The van der Waals surface area contributed by atoms with Crippen LogP contribution in [0.1, 0.15) is 23.5 Å². The molecule has 0 radical (unpaired) electrons. The fourth-order valence-corrected chi connectivity index (χ4v) is 3.14. The molecule has 0 unspecified atom stereocenters. The Hall–Kier alpha value is -3.28. The fraction of sp³-hybridized carbons (Fsp3) is 0.158. The molecule has 25 heavy (non-hydrogen) atoms. The predicted molar refractivity (Wildman–Crippen MR) is 96.4 cm³/mol. The number of benzene rings is 2. The summed E-state index contributed by atoms with van der Waals surface area (Å²) >= 11 is 0. The van der Waals surface area contributed by atoms with Crippen molar-refractivity contribution in [3.05, 3.63) is 65.7 Å². The minimum absolute atomic E-state index is 0.0360. The van der Waals surface area contributed by atoms with Crippen LogP contribution in [0.3, 0.4) is 0 Å². The van der Waals surface area contributed by atoms with Crippen molar-refractivity contribution in [1.29, 1.82) is 0 Å². The van der Waals surface area contributed by atoms with Crippen molar-refractivity contribution in [2.75, 3.05) is 17.7 Å². The largest absolute Gasteiger partial charge is 0.497 e. The first-order valence-electron chi connectivity index (χ1n) is 8.08. The lowest BCUT2D eigenvalue weighted by Crippen LogP contribution is -2.23. The number of fused-ring (bicyclic) bond motifs is 1. The lowest BCUT2D eigenvalue weighted by Gasteiger charge is -2.23. The summed E-state index contributed by atoms with van der Waals surface area (Å²) in [6.45, 7) is 0. The highest BCUT2D eigenvalue weighted by atomic mass is 16.5. The van der Waals surface area contributed by atoms with E-state index in [0.717, 1.165) is 28.4 Å². The third-order valence-electron chi connectivity index (χ3n) is 4.36. The average Bonchev–Trinajstić information content (AvgIpc) is 3.04. The number of hydrogen-bond donors (Lipinski definition) is 3. The Morgan fingerprint density at radius 3 is 2.60 bits per heavy atom. The average molecular weight is 334 g/mol. The first-order valence-corrected chi connectivity index (χ1v) is 8.08. The smallest absolute Gasteiger partial charge is 0.226 e. The molecule has 0 spiro atoms. The molecule has 0 saturated heterocycles. The number of aromatic amines is 1. The predicted octanol–water partition coefficient (Wildman–Crippen LogP) is 3.64. The molecule has 6 heteroatoms. The number of carbonyl (C=O) groups excluding carboxylic acids is 1. The molecule has 1 amide bonds. The number of aromatic nitrogens is 2. The quantitative estimate of drug-likeness (QED) is 0.681. The van der Waals surface area contributed by atoms with Crippen molar-refractivity contribution in [3.8, 4) is 5.75 Å². The standard InChI is InChI=1S/C19H18N4O2/c1-25-14-9-7-12(8-10-14)15-11-16(24)21-19-17(15)18(22-23-19)20-13-5-3-2-4-6-13/h2-10,15H,11H2,1H3,(H3,20,21,22,23,24)/t15-/m0/s1. The maximum absolute atomic E-state index is 12.1. The summed E-state index contributed by atoms with van der Waals surface area (Å²) in [4.78, 5) is 12.1. The van der Waals surface area contributed by atoms with Gasteiger partial charge in [-0.3, -0.25) is 9.89 Å². The number of rotatable bonds is 4. The number of anilines is 3. The molecule has 0 saturated carbocycles. The van der Waals surface area contributed by atoms with Crippen molar-refractivity contribution in [2.24, 2.45) is 0 Å². The number of hydrogen-bond acceptors (Lipinski definition) is 4. The molecule has 6 nitrogen and oxygen atoms in total. The lowest BCUT2D eigenvalue weighted by atomic mass is 9.86. The van der Waals surface area contributed by atoms with Crippen molar-refractivity contribution < 1.29 is 9.53 Å². The van der Waals surface area contributed by atoms with Crippen LogP contribution in [0.2, 0.25) is 0 Å². The van der Waals surface area contributed by atoms with E-state index in [2.05, 4.69) is 20.8 Å². The molecule has 1 aliphatic rings. The highest BCUT2D eigenvalue weighted by Crippen LogP contribution is 2.41. The highest BCUT2D eigenvalue weighted by Gasteiger charge is 2.31. The monoisotopic (exact) mass is 334 g/mol. The molecule has 0 bridgehead atoms. The van der Waals surface area contributed by atoms with E-state index in [1.807, 2.05) is 54.6 Å². The maximum Gasteiger partial charge on any atom is 0.226 e. The molecule has 3 aromatic rings. The Bertz CT molecular complexity index is 888. The van der Waals surface area contributed by atoms with Crippen LogP contribution < -0.4 is 15.4 Å². The molecule has 1 atom stereocenters. The zero-order valence-electron chi connectivity index (χ0n) is 13.7. The van der Waals surface area contributed by atoms with E-state index in [-0.39, 0.29) is 11.8 Å². The van der Waals surface area contributed by atoms with Gasteiger partial charge in [0, 0.05) is 23.6 Å². The van der Waals surface area contributed by atoms with E-state index < -0.39 is 0 Å². The fourth-order valence-electron chi connectivity index (χ4n) is 3.14. The van der Waals surface area contributed by atoms with Gasteiger partial charge in [-0.25, -0.2) is 0 Å². The van der Waals surface area contributed by atoms with E-state index in [1.54, 1.807) is 7.11 Å². The van der Waals surface area contributed by atoms with Crippen molar-refractivity contribution in [1.82, 2.24) is 10.2 Å². The molecule has 0 fully saturated rings. The molecule has 126 valence electrons. The van der Waals surface area contributed by atoms with Crippen LogP contribution in [0.15, 0.2) is 54.6 Å². The van der Waals surface area contributed by atoms with E-state index >= 15 is 0 Å². The summed E-state index contributed by atoms with van der Waals surface area (Å²) in [5, 5.41) is 13.5. The molecule has 4 rings (SSSR count). The Morgan fingerprint density at radius 2 is 1.88 bits per heavy atom.